The van der Waals surface area contributed by atoms with Crippen molar-refractivity contribution in [2.45, 2.75) is 97.5 Å². The predicted octanol–water partition coefficient (Wildman–Crippen LogP) is 8.60. The van der Waals surface area contributed by atoms with Crippen LogP contribution < -0.4 is 4.74 Å². The van der Waals surface area contributed by atoms with Crippen LogP contribution in [0.5, 0.6) is 5.75 Å². The lowest BCUT2D eigenvalue weighted by atomic mass is 9.96. The normalized spacial score (nSPS) is 11.8. The fourth-order valence-electron chi connectivity index (χ4n) is 3.92. The Balaban J connectivity index is 2.14. The van der Waals surface area contributed by atoms with E-state index in [-0.39, 0.29) is 6.10 Å². The molecule has 1 unspecified atom stereocenters. The van der Waals surface area contributed by atoms with Crippen LogP contribution in [0.25, 0.3) is 0 Å². The average Bonchev–Trinajstić information content (AvgIpc) is 2.79. The van der Waals surface area contributed by atoms with Gasteiger partial charge < -0.3 is 9.47 Å². The lowest BCUT2D eigenvalue weighted by Gasteiger charge is -2.19. The molecule has 0 heterocycles. The number of hydrogen-bond donors (Lipinski definition) is 0. The maximum absolute atomic E-state index is 12.8. The van der Waals surface area contributed by atoms with E-state index >= 15 is 0 Å². The maximum Gasteiger partial charge on any atom is 0.514 e. The summed E-state index contributed by atoms with van der Waals surface area (Å²) in [5, 5.41) is 0. The first-order chi connectivity index (χ1) is 15.2. The van der Waals surface area contributed by atoms with Crippen molar-refractivity contribution in [3.63, 3.8) is 0 Å². The molecule has 0 N–H and O–H groups in total. The highest BCUT2D eigenvalue weighted by Crippen LogP contribution is 2.29. The van der Waals surface area contributed by atoms with Gasteiger partial charge >= 0.3 is 6.16 Å². The summed E-state index contributed by atoms with van der Waals surface area (Å²) in [6, 6.07) is 16.1. The molecule has 2 aromatic carbocycles. The minimum absolute atomic E-state index is 0.273. The smallest absolute Gasteiger partial charge is 0.426 e. The molecule has 0 bridgehead atoms. The standard InChI is InChI=1S/C28H40O3/c1-4-7-11-16-23-19-15-22-27(25(23)20-12-8-5-2)31-28(29)30-26(21-9-6-3)24-17-13-10-14-18-24/h10,13-15,17-19,22,26H,4-9,11-12,16,20-21H2,1-3H3. The molecule has 0 aromatic heterocycles. The summed E-state index contributed by atoms with van der Waals surface area (Å²) in [5.41, 5.74) is 3.50. The third-order valence-corrected chi connectivity index (χ3v) is 5.73. The molecule has 0 saturated heterocycles. The van der Waals surface area contributed by atoms with E-state index in [0.717, 1.165) is 50.5 Å². The number of aryl methyl sites for hydroxylation is 1. The maximum atomic E-state index is 12.8. The molecule has 2 aromatic rings. The van der Waals surface area contributed by atoms with E-state index < -0.39 is 6.16 Å². The highest BCUT2D eigenvalue weighted by Gasteiger charge is 2.20. The van der Waals surface area contributed by atoms with Gasteiger partial charge in [-0.05, 0) is 61.3 Å². The second-order valence-electron chi connectivity index (χ2n) is 8.32. The molecular formula is C28H40O3. The van der Waals surface area contributed by atoms with E-state index in [9.17, 15) is 4.79 Å². The number of carbonyl (C=O) groups excluding carboxylic acids is 1. The van der Waals surface area contributed by atoms with Crippen LogP contribution in [0.3, 0.4) is 0 Å². The average molecular weight is 425 g/mol. The van der Waals surface area contributed by atoms with Crippen molar-refractivity contribution in [1.29, 1.82) is 0 Å². The zero-order valence-corrected chi connectivity index (χ0v) is 19.7. The van der Waals surface area contributed by atoms with Crippen LogP contribution in [0.15, 0.2) is 48.5 Å². The third-order valence-electron chi connectivity index (χ3n) is 5.73. The van der Waals surface area contributed by atoms with Crippen LogP contribution in [-0.2, 0) is 17.6 Å². The van der Waals surface area contributed by atoms with Crippen molar-refractivity contribution >= 4 is 6.16 Å². The number of hydrogen-bond acceptors (Lipinski definition) is 3. The summed E-state index contributed by atoms with van der Waals surface area (Å²) in [6.45, 7) is 6.58. The predicted molar refractivity (Wildman–Crippen MR) is 129 cm³/mol. The summed E-state index contributed by atoms with van der Waals surface area (Å²) >= 11 is 0. The molecule has 0 aliphatic carbocycles. The summed E-state index contributed by atoms with van der Waals surface area (Å²) in [5.74, 6) is 0.664. The highest BCUT2D eigenvalue weighted by molar-refractivity contribution is 5.65. The van der Waals surface area contributed by atoms with Crippen LogP contribution in [-0.4, -0.2) is 6.16 Å². The fourth-order valence-corrected chi connectivity index (χ4v) is 3.92. The largest absolute Gasteiger partial charge is 0.514 e. The van der Waals surface area contributed by atoms with Crippen molar-refractivity contribution in [3.8, 4) is 5.75 Å². The molecule has 3 nitrogen and oxygen atoms in total. The monoisotopic (exact) mass is 424 g/mol. The number of unbranched alkanes of at least 4 members (excludes halogenated alkanes) is 5. The number of carbonyl (C=O) groups is 1. The van der Waals surface area contributed by atoms with Crippen molar-refractivity contribution in [3.05, 3.63) is 65.2 Å². The van der Waals surface area contributed by atoms with Gasteiger partial charge in [0.15, 0.2) is 0 Å². The van der Waals surface area contributed by atoms with E-state index in [0.29, 0.717) is 5.75 Å². The second kappa shape index (κ2) is 14.7. The minimum Gasteiger partial charge on any atom is -0.426 e. The van der Waals surface area contributed by atoms with Crippen molar-refractivity contribution in [2.75, 3.05) is 0 Å². The number of ether oxygens (including phenoxy) is 2. The molecule has 0 aliphatic heterocycles. The van der Waals surface area contributed by atoms with Gasteiger partial charge in [-0.2, -0.15) is 0 Å². The lowest BCUT2D eigenvalue weighted by Crippen LogP contribution is -2.16. The van der Waals surface area contributed by atoms with Gasteiger partial charge in [0.1, 0.15) is 11.9 Å². The van der Waals surface area contributed by atoms with Crippen LogP contribution >= 0.6 is 0 Å². The third kappa shape index (κ3) is 8.77. The molecule has 0 fully saturated rings. The van der Waals surface area contributed by atoms with E-state index in [1.807, 2.05) is 42.5 Å². The molecule has 0 amide bonds. The Bertz CT molecular complexity index is 754. The van der Waals surface area contributed by atoms with Crippen molar-refractivity contribution in [1.82, 2.24) is 0 Å². The molecule has 3 heteroatoms. The Morgan fingerprint density at radius 3 is 2.13 bits per heavy atom. The molecule has 0 aliphatic rings. The Kier molecular flexibility index (Phi) is 11.8. The molecule has 0 spiro atoms. The molecule has 0 radical (unpaired) electrons. The van der Waals surface area contributed by atoms with Crippen LogP contribution in [0, 0.1) is 0 Å². The van der Waals surface area contributed by atoms with Crippen LogP contribution in [0.4, 0.5) is 4.79 Å². The summed E-state index contributed by atoms with van der Waals surface area (Å²) in [7, 11) is 0. The van der Waals surface area contributed by atoms with Gasteiger partial charge in [-0.15, -0.1) is 0 Å². The summed E-state index contributed by atoms with van der Waals surface area (Å²) in [4.78, 5) is 12.8. The Morgan fingerprint density at radius 2 is 1.45 bits per heavy atom. The zero-order chi connectivity index (χ0) is 22.3. The topological polar surface area (TPSA) is 35.5 Å². The molecule has 170 valence electrons. The SMILES string of the molecule is CCCCCc1cccc(OC(=O)OC(CCCC)c2ccccc2)c1CCCCC. The Labute approximate surface area is 189 Å². The first-order valence-electron chi connectivity index (χ1n) is 12.2. The van der Waals surface area contributed by atoms with Gasteiger partial charge in [-0.25, -0.2) is 4.79 Å². The molecular weight excluding hydrogens is 384 g/mol. The van der Waals surface area contributed by atoms with Gasteiger partial charge in [-0.1, -0.05) is 95.3 Å². The van der Waals surface area contributed by atoms with E-state index in [1.54, 1.807) is 0 Å². The Morgan fingerprint density at radius 1 is 0.774 bits per heavy atom. The lowest BCUT2D eigenvalue weighted by molar-refractivity contribution is 0.0527. The minimum atomic E-state index is -0.604. The van der Waals surface area contributed by atoms with E-state index in [4.69, 9.17) is 9.47 Å². The fraction of sp³-hybridized carbons (Fsp3) is 0.536. The van der Waals surface area contributed by atoms with Crippen LogP contribution in [0.2, 0.25) is 0 Å². The molecule has 2 rings (SSSR count). The van der Waals surface area contributed by atoms with Gasteiger partial charge in [0, 0.05) is 0 Å². The van der Waals surface area contributed by atoms with Gasteiger partial charge in [0.25, 0.3) is 0 Å². The van der Waals surface area contributed by atoms with Crippen molar-refractivity contribution < 1.29 is 14.3 Å². The summed E-state index contributed by atoms with van der Waals surface area (Å²) < 4.78 is 11.6. The number of benzene rings is 2. The Hall–Kier alpha value is -2.29. The quantitative estimate of drug-likeness (QED) is 0.173. The van der Waals surface area contributed by atoms with Gasteiger partial charge in [0.05, 0.1) is 0 Å². The first-order valence-corrected chi connectivity index (χ1v) is 12.2. The van der Waals surface area contributed by atoms with E-state index in [1.165, 1.54) is 36.8 Å². The van der Waals surface area contributed by atoms with Gasteiger partial charge in [-0.3, -0.25) is 0 Å². The molecule has 1 atom stereocenters. The first kappa shape index (κ1) is 25.0. The molecule has 0 saturated carbocycles. The van der Waals surface area contributed by atoms with E-state index in [2.05, 4.69) is 26.8 Å². The second-order valence-corrected chi connectivity index (χ2v) is 8.32. The number of rotatable bonds is 14. The molecule has 31 heavy (non-hydrogen) atoms. The zero-order valence-electron chi connectivity index (χ0n) is 19.7. The van der Waals surface area contributed by atoms with Gasteiger partial charge in [0.2, 0.25) is 0 Å². The summed E-state index contributed by atoms with van der Waals surface area (Å²) in [6.07, 6.45) is 11.0. The van der Waals surface area contributed by atoms with Crippen LogP contribution in [0.1, 0.15) is 101 Å². The highest BCUT2D eigenvalue weighted by atomic mass is 16.7. The van der Waals surface area contributed by atoms with Crippen molar-refractivity contribution in [2.24, 2.45) is 0 Å².